The van der Waals surface area contributed by atoms with Crippen molar-refractivity contribution in [2.24, 2.45) is 5.92 Å². The van der Waals surface area contributed by atoms with Crippen LogP contribution in [-0.4, -0.2) is 54.2 Å². The van der Waals surface area contributed by atoms with E-state index >= 15 is 0 Å². The SMILES string of the molecule is O=C(CC1CSCCN1)N1CCCC(C(F)(F)F)C1. The molecule has 2 atom stereocenters. The quantitative estimate of drug-likeness (QED) is 0.844. The average Bonchev–Trinajstić information content (AvgIpc) is 2.39. The van der Waals surface area contributed by atoms with Crippen molar-refractivity contribution in [3.8, 4) is 0 Å². The first-order valence-corrected chi connectivity index (χ1v) is 7.78. The number of nitrogens with one attached hydrogen (secondary N) is 1. The van der Waals surface area contributed by atoms with Gasteiger partial charge in [0.05, 0.1) is 5.92 Å². The second-order valence-corrected chi connectivity index (χ2v) is 6.30. The molecule has 7 heteroatoms. The Morgan fingerprint density at radius 2 is 2.21 bits per heavy atom. The van der Waals surface area contributed by atoms with Gasteiger partial charge in [0.15, 0.2) is 0 Å². The van der Waals surface area contributed by atoms with Crippen LogP contribution in [0.3, 0.4) is 0 Å². The van der Waals surface area contributed by atoms with Crippen LogP contribution in [0.15, 0.2) is 0 Å². The van der Waals surface area contributed by atoms with Gasteiger partial charge in [-0.15, -0.1) is 0 Å². The Balaban J connectivity index is 1.84. The fourth-order valence-corrected chi connectivity index (χ4v) is 3.51. The van der Waals surface area contributed by atoms with Crippen LogP contribution < -0.4 is 5.32 Å². The van der Waals surface area contributed by atoms with Gasteiger partial charge in [-0.05, 0) is 12.8 Å². The maximum absolute atomic E-state index is 12.7. The minimum absolute atomic E-state index is 0.109. The van der Waals surface area contributed by atoms with Crippen molar-refractivity contribution in [3.05, 3.63) is 0 Å². The van der Waals surface area contributed by atoms with Crippen LogP contribution in [0.1, 0.15) is 19.3 Å². The minimum atomic E-state index is -4.18. The highest BCUT2D eigenvalue weighted by Crippen LogP contribution is 2.33. The monoisotopic (exact) mass is 296 g/mol. The molecular formula is C12H19F3N2OS. The Kier molecular flexibility index (Phi) is 5.00. The number of amides is 1. The molecule has 0 aromatic rings. The Morgan fingerprint density at radius 3 is 2.84 bits per heavy atom. The molecule has 1 amide bonds. The normalized spacial score (nSPS) is 29.3. The third-order valence-corrected chi connectivity index (χ3v) is 4.79. The van der Waals surface area contributed by atoms with E-state index in [0.717, 1.165) is 18.1 Å². The van der Waals surface area contributed by atoms with Crippen LogP contribution in [0.5, 0.6) is 0 Å². The second-order valence-electron chi connectivity index (χ2n) is 5.15. The fraction of sp³-hybridized carbons (Fsp3) is 0.917. The molecule has 110 valence electrons. The van der Waals surface area contributed by atoms with E-state index in [4.69, 9.17) is 0 Å². The zero-order valence-electron chi connectivity index (χ0n) is 10.7. The van der Waals surface area contributed by atoms with E-state index in [1.54, 1.807) is 11.8 Å². The lowest BCUT2D eigenvalue weighted by Crippen LogP contribution is -2.47. The number of thioether (sulfide) groups is 1. The highest BCUT2D eigenvalue weighted by molar-refractivity contribution is 7.99. The van der Waals surface area contributed by atoms with Gasteiger partial charge >= 0.3 is 6.18 Å². The molecule has 3 nitrogen and oxygen atoms in total. The molecule has 2 fully saturated rings. The minimum Gasteiger partial charge on any atom is -0.342 e. The third kappa shape index (κ3) is 4.27. The van der Waals surface area contributed by atoms with Gasteiger partial charge in [-0.1, -0.05) is 0 Å². The third-order valence-electron chi connectivity index (χ3n) is 3.66. The van der Waals surface area contributed by atoms with E-state index < -0.39 is 12.1 Å². The molecule has 0 spiro atoms. The topological polar surface area (TPSA) is 32.3 Å². The largest absolute Gasteiger partial charge is 0.393 e. The van der Waals surface area contributed by atoms with Crippen molar-refractivity contribution < 1.29 is 18.0 Å². The summed E-state index contributed by atoms with van der Waals surface area (Å²) in [7, 11) is 0. The highest BCUT2D eigenvalue weighted by atomic mass is 32.2. The summed E-state index contributed by atoms with van der Waals surface area (Å²) >= 11 is 1.78. The summed E-state index contributed by atoms with van der Waals surface area (Å²) in [6.07, 6.45) is -3.27. The number of nitrogens with zero attached hydrogens (tertiary/aromatic N) is 1. The van der Waals surface area contributed by atoms with Crippen molar-refractivity contribution in [3.63, 3.8) is 0 Å². The Morgan fingerprint density at radius 1 is 1.42 bits per heavy atom. The molecule has 0 aromatic carbocycles. The van der Waals surface area contributed by atoms with Crippen molar-refractivity contribution in [2.45, 2.75) is 31.5 Å². The molecule has 2 rings (SSSR count). The zero-order valence-corrected chi connectivity index (χ0v) is 11.5. The lowest BCUT2D eigenvalue weighted by Gasteiger charge is -2.35. The summed E-state index contributed by atoms with van der Waals surface area (Å²) in [5, 5.41) is 3.24. The molecule has 19 heavy (non-hydrogen) atoms. The molecule has 2 aliphatic heterocycles. The van der Waals surface area contributed by atoms with Crippen molar-refractivity contribution >= 4 is 17.7 Å². The van der Waals surface area contributed by atoms with Crippen molar-refractivity contribution in [1.82, 2.24) is 10.2 Å². The molecule has 0 saturated carbocycles. The first-order chi connectivity index (χ1) is 8.97. The molecule has 0 aliphatic carbocycles. The molecule has 2 unspecified atom stereocenters. The van der Waals surface area contributed by atoms with Gasteiger partial charge in [-0.25, -0.2) is 0 Å². The van der Waals surface area contributed by atoms with Crippen LogP contribution >= 0.6 is 11.8 Å². The summed E-state index contributed by atoms with van der Waals surface area (Å²) in [5.74, 6) is 0.403. The van der Waals surface area contributed by atoms with E-state index in [1.165, 1.54) is 4.90 Å². The van der Waals surface area contributed by atoms with Crippen LogP contribution in [0, 0.1) is 5.92 Å². The number of hydrogen-bond donors (Lipinski definition) is 1. The summed E-state index contributed by atoms with van der Waals surface area (Å²) in [6.45, 7) is 1.17. The predicted octanol–water partition coefficient (Wildman–Crippen LogP) is 1.88. The van der Waals surface area contributed by atoms with E-state index in [0.29, 0.717) is 19.4 Å². The Hall–Kier alpha value is -0.430. The maximum atomic E-state index is 12.7. The molecule has 2 aliphatic rings. The van der Waals surface area contributed by atoms with E-state index in [-0.39, 0.29) is 24.9 Å². The highest BCUT2D eigenvalue weighted by Gasteiger charge is 2.42. The van der Waals surface area contributed by atoms with Crippen LogP contribution in [0.2, 0.25) is 0 Å². The number of carbonyl (C=O) groups is 1. The molecule has 2 heterocycles. The molecule has 1 N–H and O–H groups in total. The Labute approximate surface area is 115 Å². The van der Waals surface area contributed by atoms with Crippen LogP contribution in [0.4, 0.5) is 13.2 Å². The van der Waals surface area contributed by atoms with E-state index in [1.807, 2.05) is 0 Å². The first-order valence-electron chi connectivity index (χ1n) is 6.62. The first kappa shape index (κ1) is 15.0. The summed E-state index contributed by atoms with van der Waals surface area (Å²) in [5.41, 5.74) is 0. The molecule has 2 saturated heterocycles. The molecule has 0 aromatic heterocycles. The Bertz CT molecular complexity index is 319. The fourth-order valence-electron chi connectivity index (χ4n) is 2.56. The number of carbonyl (C=O) groups excluding carboxylic acids is 1. The molecular weight excluding hydrogens is 277 g/mol. The summed E-state index contributed by atoms with van der Waals surface area (Å²) in [4.78, 5) is 13.4. The standard InChI is InChI=1S/C12H19F3N2OS/c13-12(14,15)9-2-1-4-17(7-9)11(18)6-10-8-19-5-3-16-10/h9-10,16H,1-8H2. The number of piperidine rings is 1. The van der Waals surface area contributed by atoms with Crippen LogP contribution in [0.25, 0.3) is 0 Å². The predicted molar refractivity (Wildman–Crippen MR) is 69.1 cm³/mol. The van der Waals surface area contributed by atoms with Gasteiger partial charge in [-0.2, -0.15) is 24.9 Å². The number of halogens is 3. The average molecular weight is 296 g/mol. The molecule has 0 radical (unpaired) electrons. The van der Waals surface area contributed by atoms with Crippen molar-refractivity contribution in [2.75, 3.05) is 31.1 Å². The number of rotatable bonds is 2. The van der Waals surface area contributed by atoms with Gasteiger partial charge in [0.1, 0.15) is 0 Å². The zero-order chi connectivity index (χ0) is 13.9. The number of hydrogen-bond acceptors (Lipinski definition) is 3. The van der Waals surface area contributed by atoms with Crippen molar-refractivity contribution in [1.29, 1.82) is 0 Å². The van der Waals surface area contributed by atoms with Gasteiger partial charge in [0, 0.05) is 43.6 Å². The van der Waals surface area contributed by atoms with Gasteiger partial charge in [0.25, 0.3) is 0 Å². The smallest absolute Gasteiger partial charge is 0.342 e. The lowest BCUT2D eigenvalue weighted by molar-refractivity contribution is -0.188. The van der Waals surface area contributed by atoms with E-state index in [9.17, 15) is 18.0 Å². The lowest BCUT2D eigenvalue weighted by atomic mass is 9.97. The van der Waals surface area contributed by atoms with Crippen LogP contribution in [-0.2, 0) is 4.79 Å². The van der Waals surface area contributed by atoms with Gasteiger partial charge in [0.2, 0.25) is 5.91 Å². The summed E-state index contributed by atoms with van der Waals surface area (Å²) < 4.78 is 38.0. The summed E-state index contributed by atoms with van der Waals surface area (Å²) in [6, 6.07) is 0.109. The number of likely N-dealkylation sites (tertiary alicyclic amines) is 1. The van der Waals surface area contributed by atoms with Gasteiger partial charge in [-0.3, -0.25) is 4.79 Å². The maximum Gasteiger partial charge on any atom is 0.393 e. The van der Waals surface area contributed by atoms with E-state index in [2.05, 4.69) is 5.32 Å². The van der Waals surface area contributed by atoms with Gasteiger partial charge < -0.3 is 10.2 Å². The second kappa shape index (κ2) is 6.35. The number of alkyl halides is 3. The molecule has 0 bridgehead atoms.